The van der Waals surface area contributed by atoms with Gasteiger partial charge in [0.2, 0.25) is 0 Å². The van der Waals surface area contributed by atoms with Crippen LogP contribution in [0.4, 0.5) is 5.69 Å². The summed E-state index contributed by atoms with van der Waals surface area (Å²) < 4.78 is 0. The fourth-order valence-corrected chi connectivity index (χ4v) is 4.09. The molecule has 0 bridgehead atoms. The number of carbonyl (C=O) groups is 1. The molecule has 0 saturated carbocycles. The lowest BCUT2D eigenvalue weighted by molar-refractivity contribution is 0.0657. The number of thiophene rings is 1. The van der Waals surface area contributed by atoms with Gasteiger partial charge >= 0.3 is 0 Å². The van der Waals surface area contributed by atoms with Crippen molar-refractivity contribution in [2.24, 2.45) is 0 Å². The maximum atomic E-state index is 12.9. The Hall–Kier alpha value is -1.81. The molecule has 1 unspecified atom stereocenters. The topological polar surface area (TPSA) is 46.3 Å². The van der Waals surface area contributed by atoms with Gasteiger partial charge in [0.25, 0.3) is 5.91 Å². The van der Waals surface area contributed by atoms with Crippen LogP contribution in [-0.4, -0.2) is 17.4 Å². The van der Waals surface area contributed by atoms with Crippen molar-refractivity contribution in [3.05, 3.63) is 51.2 Å². The molecule has 2 aromatic rings. The summed E-state index contributed by atoms with van der Waals surface area (Å²) in [6.45, 7) is 4.90. The van der Waals surface area contributed by atoms with E-state index in [1.54, 1.807) is 17.4 Å². The van der Waals surface area contributed by atoms with Crippen molar-refractivity contribution in [2.75, 3.05) is 12.3 Å². The maximum absolute atomic E-state index is 12.9. The molecule has 1 aliphatic rings. The fourth-order valence-electron chi connectivity index (χ4n) is 3.16. The highest BCUT2D eigenvalue weighted by atomic mass is 32.1. The zero-order valence-electron chi connectivity index (χ0n) is 12.4. The average Bonchev–Trinajstić information content (AvgIpc) is 2.94. The number of benzene rings is 1. The van der Waals surface area contributed by atoms with E-state index in [9.17, 15) is 4.79 Å². The number of hydrogen-bond donors (Lipinski definition) is 1. The number of carbonyl (C=O) groups excluding carboxylic acids is 1. The molecule has 0 spiro atoms. The van der Waals surface area contributed by atoms with Crippen LogP contribution in [0.15, 0.2) is 29.6 Å². The molecule has 1 aromatic heterocycles. The quantitative estimate of drug-likeness (QED) is 0.858. The number of anilines is 1. The number of hydrogen-bond acceptors (Lipinski definition) is 3. The largest absolute Gasteiger partial charge is 0.399 e. The third-order valence-electron chi connectivity index (χ3n) is 4.22. The molecule has 0 saturated heterocycles. The van der Waals surface area contributed by atoms with E-state index in [1.807, 2.05) is 24.0 Å². The lowest BCUT2D eigenvalue weighted by Gasteiger charge is -2.35. The van der Waals surface area contributed by atoms with E-state index in [0.717, 1.165) is 30.5 Å². The van der Waals surface area contributed by atoms with Gasteiger partial charge in [-0.05, 0) is 60.5 Å². The summed E-state index contributed by atoms with van der Waals surface area (Å²) >= 11 is 1.80. The normalized spacial score (nSPS) is 17.6. The number of nitrogens with zero attached hydrogens (tertiary/aromatic N) is 1. The van der Waals surface area contributed by atoms with E-state index < -0.39 is 0 Å². The first-order valence-electron chi connectivity index (χ1n) is 7.35. The minimum Gasteiger partial charge on any atom is -0.399 e. The standard InChI is InChI=1S/C17H20N2OS/c1-3-15-14-7-9-21-16(14)6-8-19(15)17(20)13-5-4-12(18)10-11(13)2/h4-5,7,9-10,15H,3,6,8,18H2,1-2H3. The van der Waals surface area contributed by atoms with Crippen LogP contribution in [0.3, 0.4) is 0 Å². The van der Waals surface area contributed by atoms with Gasteiger partial charge in [-0.3, -0.25) is 4.79 Å². The van der Waals surface area contributed by atoms with Crippen LogP contribution in [0.2, 0.25) is 0 Å². The molecule has 21 heavy (non-hydrogen) atoms. The summed E-state index contributed by atoms with van der Waals surface area (Å²) in [6.07, 6.45) is 1.91. The van der Waals surface area contributed by atoms with Gasteiger partial charge in [-0.1, -0.05) is 6.92 Å². The van der Waals surface area contributed by atoms with Crippen molar-refractivity contribution >= 4 is 22.9 Å². The summed E-state index contributed by atoms with van der Waals surface area (Å²) in [5.41, 5.74) is 9.53. The Bertz CT molecular complexity index is 677. The van der Waals surface area contributed by atoms with Crippen LogP contribution in [0.1, 0.15) is 45.7 Å². The number of fused-ring (bicyclic) bond motifs is 1. The number of nitrogen functional groups attached to an aromatic ring is 1. The van der Waals surface area contributed by atoms with Crippen molar-refractivity contribution in [2.45, 2.75) is 32.7 Å². The van der Waals surface area contributed by atoms with Crippen LogP contribution in [0.25, 0.3) is 0 Å². The average molecular weight is 300 g/mol. The molecule has 3 rings (SSSR count). The Morgan fingerprint density at radius 3 is 2.95 bits per heavy atom. The van der Waals surface area contributed by atoms with Crippen LogP contribution in [-0.2, 0) is 6.42 Å². The number of nitrogens with two attached hydrogens (primary N) is 1. The van der Waals surface area contributed by atoms with Crippen LogP contribution in [0, 0.1) is 6.92 Å². The zero-order chi connectivity index (χ0) is 15.0. The van der Waals surface area contributed by atoms with E-state index in [0.29, 0.717) is 5.69 Å². The second-order valence-corrected chi connectivity index (χ2v) is 6.55. The predicted molar refractivity (Wildman–Crippen MR) is 87.7 cm³/mol. The fraction of sp³-hybridized carbons (Fsp3) is 0.353. The smallest absolute Gasteiger partial charge is 0.254 e. The van der Waals surface area contributed by atoms with Crippen LogP contribution in [0.5, 0.6) is 0 Å². The first kappa shape index (κ1) is 14.1. The SMILES string of the molecule is CCC1c2ccsc2CCN1C(=O)c1ccc(N)cc1C. The molecule has 1 aromatic carbocycles. The first-order chi connectivity index (χ1) is 10.1. The third kappa shape index (κ3) is 2.44. The first-order valence-corrected chi connectivity index (χ1v) is 8.23. The maximum Gasteiger partial charge on any atom is 0.254 e. The zero-order valence-corrected chi connectivity index (χ0v) is 13.2. The Kier molecular flexibility index (Phi) is 3.72. The van der Waals surface area contributed by atoms with Gasteiger partial charge in [0.1, 0.15) is 0 Å². The number of rotatable bonds is 2. The van der Waals surface area contributed by atoms with Crippen LogP contribution < -0.4 is 5.73 Å². The number of aryl methyl sites for hydroxylation is 1. The van der Waals surface area contributed by atoms with E-state index in [-0.39, 0.29) is 11.9 Å². The van der Waals surface area contributed by atoms with Crippen molar-refractivity contribution in [3.8, 4) is 0 Å². The van der Waals surface area contributed by atoms with Crippen LogP contribution >= 0.6 is 11.3 Å². The molecule has 1 amide bonds. The Labute approximate surface area is 129 Å². The van der Waals surface area contributed by atoms with Crippen molar-refractivity contribution in [1.82, 2.24) is 4.90 Å². The molecule has 2 N–H and O–H groups in total. The second-order valence-electron chi connectivity index (χ2n) is 5.55. The lowest BCUT2D eigenvalue weighted by Crippen LogP contribution is -2.39. The van der Waals surface area contributed by atoms with E-state index in [2.05, 4.69) is 18.4 Å². The van der Waals surface area contributed by atoms with Gasteiger partial charge in [-0.15, -0.1) is 11.3 Å². The highest BCUT2D eigenvalue weighted by Crippen LogP contribution is 2.36. The molecular weight excluding hydrogens is 280 g/mol. The molecule has 0 radical (unpaired) electrons. The van der Waals surface area contributed by atoms with Gasteiger partial charge in [0.05, 0.1) is 6.04 Å². The molecule has 1 aliphatic heterocycles. The third-order valence-corrected chi connectivity index (χ3v) is 5.22. The monoisotopic (exact) mass is 300 g/mol. The summed E-state index contributed by atoms with van der Waals surface area (Å²) in [7, 11) is 0. The van der Waals surface area contributed by atoms with E-state index in [1.165, 1.54) is 10.4 Å². The molecule has 2 heterocycles. The molecule has 3 nitrogen and oxygen atoms in total. The summed E-state index contributed by atoms with van der Waals surface area (Å²) in [5.74, 6) is 0.121. The highest BCUT2D eigenvalue weighted by molar-refractivity contribution is 7.10. The van der Waals surface area contributed by atoms with Gasteiger partial charge < -0.3 is 10.6 Å². The predicted octanol–water partition coefficient (Wildman–Crippen LogP) is 3.79. The van der Waals surface area contributed by atoms with Gasteiger partial charge in [-0.2, -0.15) is 0 Å². The van der Waals surface area contributed by atoms with Crippen molar-refractivity contribution in [1.29, 1.82) is 0 Å². The molecule has 0 aliphatic carbocycles. The molecule has 4 heteroatoms. The van der Waals surface area contributed by atoms with Gasteiger partial charge in [-0.25, -0.2) is 0 Å². The Morgan fingerprint density at radius 2 is 2.24 bits per heavy atom. The van der Waals surface area contributed by atoms with Crippen molar-refractivity contribution < 1.29 is 4.79 Å². The van der Waals surface area contributed by atoms with E-state index in [4.69, 9.17) is 5.73 Å². The molecule has 1 atom stereocenters. The Balaban J connectivity index is 1.94. The summed E-state index contributed by atoms with van der Waals surface area (Å²) in [4.78, 5) is 16.4. The molecule has 0 fully saturated rings. The van der Waals surface area contributed by atoms with Crippen molar-refractivity contribution in [3.63, 3.8) is 0 Å². The lowest BCUT2D eigenvalue weighted by atomic mass is 9.96. The summed E-state index contributed by atoms with van der Waals surface area (Å²) in [5, 5.41) is 2.13. The Morgan fingerprint density at radius 1 is 1.43 bits per heavy atom. The number of amides is 1. The van der Waals surface area contributed by atoms with Gasteiger partial charge in [0, 0.05) is 22.7 Å². The minimum absolute atomic E-state index is 0.121. The summed E-state index contributed by atoms with van der Waals surface area (Å²) in [6, 6.07) is 7.89. The second kappa shape index (κ2) is 5.53. The van der Waals surface area contributed by atoms with Gasteiger partial charge in [0.15, 0.2) is 0 Å². The highest BCUT2D eigenvalue weighted by Gasteiger charge is 2.31. The molecule has 110 valence electrons. The van der Waals surface area contributed by atoms with E-state index >= 15 is 0 Å². The molecular formula is C17H20N2OS. The minimum atomic E-state index is 0.121.